The van der Waals surface area contributed by atoms with Crippen LogP contribution in [0.25, 0.3) is 0 Å². The summed E-state index contributed by atoms with van der Waals surface area (Å²) in [6, 6.07) is 5.16. The van der Waals surface area contributed by atoms with Gasteiger partial charge < -0.3 is 15.1 Å². The quantitative estimate of drug-likeness (QED) is 0.930. The summed E-state index contributed by atoms with van der Waals surface area (Å²) in [6.07, 6.45) is 4.13. The van der Waals surface area contributed by atoms with Gasteiger partial charge in [-0.25, -0.2) is 4.39 Å². The molecule has 2 heterocycles. The lowest BCUT2D eigenvalue weighted by atomic mass is 10.0. The van der Waals surface area contributed by atoms with Gasteiger partial charge in [0.15, 0.2) is 0 Å². The van der Waals surface area contributed by atoms with Crippen LogP contribution in [-0.2, 0) is 0 Å². The number of halogens is 1. The zero-order chi connectivity index (χ0) is 15.5. The Morgan fingerprint density at radius 2 is 1.95 bits per heavy atom. The van der Waals surface area contributed by atoms with Gasteiger partial charge in [-0.1, -0.05) is 0 Å². The summed E-state index contributed by atoms with van der Waals surface area (Å²) in [7, 11) is 1.82. The fraction of sp³-hybridized carbons (Fsp3) is 0.588. The number of hydrogen-bond donors (Lipinski definition) is 1. The van der Waals surface area contributed by atoms with E-state index in [4.69, 9.17) is 0 Å². The highest BCUT2D eigenvalue weighted by Crippen LogP contribution is 2.25. The number of carbonyl (C=O) groups is 1. The van der Waals surface area contributed by atoms with Crippen molar-refractivity contribution in [2.75, 3.05) is 38.1 Å². The molecular weight excluding hydrogens is 281 g/mol. The molecule has 2 aliphatic heterocycles. The van der Waals surface area contributed by atoms with E-state index in [0.29, 0.717) is 11.3 Å². The van der Waals surface area contributed by atoms with Crippen molar-refractivity contribution in [2.24, 2.45) is 0 Å². The minimum absolute atomic E-state index is 0.0845. The lowest BCUT2D eigenvalue weighted by molar-refractivity contribution is 0.0703. The topological polar surface area (TPSA) is 35.6 Å². The monoisotopic (exact) mass is 305 g/mol. The first kappa shape index (κ1) is 15.3. The maximum atomic E-state index is 14.3. The van der Waals surface area contributed by atoms with Crippen molar-refractivity contribution in [3.63, 3.8) is 0 Å². The van der Waals surface area contributed by atoms with Crippen LogP contribution in [0.3, 0.4) is 0 Å². The van der Waals surface area contributed by atoms with Gasteiger partial charge in [-0.2, -0.15) is 0 Å². The Balaban J connectivity index is 1.73. The van der Waals surface area contributed by atoms with Gasteiger partial charge in [0.25, 0.3) is 5.91 Å². The second-order valence-electron chi connectivity index (χ2n) is 6.26. The first-order valence-corrected chi connectivity index (χ1v) is 8.19. The highest BCUT2D eigenvalue weighted by Gasteiger charge is 2.24. The van der Waals surface area contributed by atoms with E-state index in [1.807, 2.05) is 7.05 Å². The Morgan fingerprint density at radius 1 is 1.27 bits per heavy atom. The van der Waals surface area contributed by atoms with Gasteiger partial charge in [-0.15, -0.1) is 0 Å². The van der Waals surface area contributed by atoms with Crippen LogP contribution in [0, 0.1) is 5.82 Å². The summed E-state index contributed by atoms with van der Waals surface area (Å²) in [6.45, 7) is 3.67. The Bertz CT molecular complexity index is 537. The fourth-order valence-corrected chi connectivity index (χ4v) is 3.42. The molecule has 120 valence electrons. The third-order valence-corrected chi connectivity index (χ3v) is 4.82. The summed E-state index contributed by atoms with van der Waals surface area (Å²) in [4.78, 5) is 16.4. The van der Waals surface area contributed by atoms with E-state index < -0.39 is 0 Å². The van der Waals surface area contributed by atoms with Crippen molar-refractivity contribution >= 4 is 11.6 Å². The summed E-state index contributed by atoms with van der Waals surface area (Å²) < 4.78 is 14.3. The number of rotatable bonds is 3. The number of hydrogen-bond acceptors (Lipinski definition) is 3. The highest BCUT2D eigenvalue weighted by atomic mass is 19.1. The van der Waals surface area contributed by atoms with Gasteiger partial charge in [0.2, 0.25) is 0 Å². The molecule has 0 aliphatic carbocycles. The summed E-state index contributed by atoms with van der Waals surface area (Å²) in [5.74, 6) is -0.370. The molecule has 0 atom stereocenters. The third-order valence-electron chi connectivity index (χ3n) is 4.82. The van der Waals surface area contributed by atoms with Crippen LogP contribution in [0.5, 0.6) is 0 Å². The zero-order valence-corrected chi connectivity index (χ0v) is 13.1. The van der Waals surface area contributed by atoms with Crippen LogP contribution in [0.2, 0.25) is 0 Å². The summed E-state index contributed by atoms with van der Waals surface area (Å²) in [5.41, 5.74) is 1.07. The van der Waals surface area contributed by atoms with E-state index in [0.717, 1.165) is 51.9 Å². The van der Waals surface area contributed by atoms with E-state index in [1.54, 1.807) is 17.0 Å². The Labute approximate surface area is 131 Å². The highest BCUT2D eigenvalue weighted by molar-refractivity contribution is 5.94. The van der Waals surface area contributed by atoms with Crippen LogP contribution >= 0.6 is 0 Å². The molecule has 0 radical (unpaired) electrons. The number of amides is 1. The molecule has 0 spiro atoms. The molecule has 4 nitrogen and oxygen atoms in total. The molecular formula is C17H24FN3O. The van der Waals surface area contributed by atoms with E-state index in [2.05, 4.69) is 10.2 Å². The van der Waals surface area contributed by atoms with Crippen molar-refractivity contribution < 1.29 is 9.18 Å². The lowest BCUT2D eigenvalue weighted by Crippen LogP contribution is -2.44. The van der Waals surface area contributed by atoms with Gasteiger partial charge in [0, 0.05) is 31.7 Å². The van der Waals surface area contributed by atoms with Crippen LogP contribution in [0.15, 0.2) is 18.2 Å². The van der Waals surface area contributed by atoms with Crippen molar-refractivity contribution in [1.82, 2.24) is 10.2 Å². The van der Waals surface area contributed by atoms with E-state index in [-0.39, 0.29) is 17.8 Å². The molecule has 1 N–H and O–H groups in total. The number of nitrogens with zero attached hydrogens (tertiary/aromatic N) is 2. The largest absolute Gasteiger partial charge is 0.369 e. The van der Waals surface area contributed by atoms with Gasteiger partial charge in [-0.3, -0.25) is 4.79 Å². The predicted octanol–water partition coefficient (Wildman–Crippen LogP) is 2.25. The molecule has 0 bridgehead atoms. The SMILES string of the molecule is CN(C(=O)c1ccc(N2CCCC2)c(F)c1)C1CCNCC1. The molecule has 22 heavy (non-hydrogen) atoms. The molecule has 0 saturated carbocycles. The number of carbonyl (C=O) groups excluding carboxylic acids is 1. The maximum Gasteiger partial charge on any atom is 0.253 e. The number of anilines is 1. The van der Waals surface area contributed by atoms with Gasteiger partial charge in [-0.05, 0) is 57.0 Å². The van der Waals surface area contributed by atoms with Crippen molar-refractivity contribution in [3.8, 4) is 0 Å². The second-order valence-corrected chi connectivity index (χ2v) is 6.26. The van der Waals surface area contributed by atoms with Crippen molar-refractivity contribution in [2.45, 2.75) is 31.7 Å². The second kappa shape index (κ2) is 6.65. The molecule has 0 aromatic heterocycles. The summed E-state index contributed by atoms with van der Waals surface area (Å²) in [5, 5.41) is 3.29. The van der Waals surface area contributed by atoms with Crippen molar-refractivity contribution in [3.05, 3.63) is 29.6 Å². The summed E-state index contributed by atoms with van der Waals surface area (Å²) >= 11 is 0. The normalized spacial score (nSPS) is 19.5. The molecule has 2 saturated heterocycles. The number of benzene rings is 1. The third kappa shape index (κ3) is 3.09. The van der Waals surface area contributed by atoms with Gasteiger partial charge in [0.1, 0.15) is 5.82 Å². The Hall–Kier alpha value is -1.62. The number of piperidine rings is 1. The van der Waals surface area contributed by atoms with Gasteiger partial charge >= 0.3 is 0 Å². The first-order chi connectivity index (χ1) is 10.7. The van der Waals surface area contributed by atoms with Crippen LogP contribution < -0.4 is 10.2 Å². The van der Waals surface area contributed by atoms with Crippen LogP contribution in [0.4, 0.5) is 10.1 Å². The standard InChI is InChI=1S/C17H24FN3O/c1-20(14-6-8-19-9-7-14)17(22)13-4-5-16(15(18)12-13)21-10-2-3-11-21/h4-5,12,14,19H,2-3,6-11H2,1H3. The Kier molecular flexibility index (Phi) is 4.62. The lowest BCUT2D eigenvalue weighted by Gasteiger charge is -2.31. The van der Waals surface area contributed by atoms with E-state index in [1.165, 1.54) is 6.07 Å². The minimum Gasteiger partial charge on any atom is -0.369 e. The fourth-order valence-electron chi connectivity index (χ4n) is 3.42. The molecule has 3 rings (SSSR count). The average Bonchev–Trinajstić information content (AvgIpc) is 3.08. The maximum absolute atomic E-state index is 14.3. The van der Waals surface area contributed by atoms with Gasteiger partial charge in [0.05, 0.1) is 5.69 Å². The van der Waals surface area contributed by atoms with E-state index in [9.17, 15) is 9.18 Å². The molecule has 1 aromatic carbocycles. The van der Waals surface area contributed by atoms with Crippen molar-refractivity contribution in [1.29, 1.82) is 0 Å². The van der Waals surface area contributed by atoms with E-state index >= 15 is 0 Å². The van der Waals surface area contributed by atoms with Crippen LogP contribution in [-0.4, -0.2) is 50.1 Å². The molecule has 2 fully saturated rings. The molecule has 1 aromatic rings. The van der Waals surface area contributed by atoms with Crippen LogP contribution in [0.1, 0.15) is 36.0 Å². The first-order valence-electron chi connectivity index (χ1n) is 8.19. The minimum atomic E-state index is -0.286. The molecule has 0 unspecified atom stereocenters. The molecule has 1 amide bonds. The Morgan fingerprint density at radius 3 is 2.59 bits per heavy atom. The molecule has 5 heteroatoms. The smallest absolute Gasteiger partial charge is 0.253 e. The molecule has 2 aliphatic rings. The number of nitrogens with one attached hydrogen (secondary N) is 1. The zero-order valence-electron chi connectivity index (χ0n) is 13.1. The predicted molar refractivity (Wildman–Crippen MR) is 85.8 cm³/mol. The average molecular weight is 305 g/mol.